The quantitative estimate of drug-likeness (QED) is 0.560. The molecule has 0 atom stereocenters. The minimum atomic E-state index is -0.386. The summed E-state index contributed by atoms with van der Waals surface area (Å²) >= 11 is 0. The van der Waals surface area contributed by atoms with Crippen molar-refractivity contribution in [2.24, 2.45) is 0 Å². The summed E-state index contributed by atoms with van der Waals surface area (Å²) < 4.78 is 4.51. The zero-order valence-corrected chi connectivity index (χ0v) is 8.17. The van der Waals surface area contributed by atoms with Gasteiger partial charge in [-0.2, -0.15) is 15.0 Å². The highest BCUT2D eigenvalue weighted by Crippen LogP contribution is 2.12. The van der Waals surface area contributed by atoms with Gasteiger partial charge in [-0.25, -0.2) is 4.79 Å². The molecule has 6 heteroatoms. The van der Waals surface area contributed by atoms with Crippen LogP contribution in [0.2, 0.25) is 0 Å². The molecule has 1 heterocycles. The number of methoxy groups -OCH3 is 1. The smallest absolute Gasteiger partial charge is 0.329 e. The number of ether oxygens (including phenoxy) is 1. The van der Waals surface area contributed by atoms with E-state index in [1.807, 2.05) is 0 Å². The van der Waals surface area contributed by atoms with Crippen LogP contribution in [0.4, 0.5) is 5.69 Å². The maximum atomic E-state index is 11.0. The van der Waals surface area contributed by atoms with Crippen molar-refractivity contribution in [1.82, 2.24) is 15.0 Å². The summed E-state index contributed by atoms with van der Waals surface area (Å²) in [7, 11) is 1.32. The second-order valence-electron chi connectivity index (χ2n) is 3.05. The van der Waals surface area contributed by atoms with Crippen LogP contribution in [-0.2, 0) is 16.1 Å². The molecule has 78 valence electrons. The Morgan fingerprint density at radius 3 is 2.93 bits per heavy atom. The topological polar surface area (TPSA) is 83.0 Å². The van der Waals surface area contributed by atoms with E-state index in [0.717, 1.165) is 0 Å². The number of hydrogen-bond acceptors (Lipinski definition) is 5. The van der Waals surface area contributed by atoms with Crippen LogP contribution >= 0.6 is 0 Å². The second-order valence-corrected chi connectivity index (χ2v) is 3.05. The van der Waals surface area contributed by atoms with Gasteiger partial charge in [-0.1, -0.05) is 0 Å². The van der Waals surface area contributed by atoms with E-state index < -0.39 is 0 Å². The lowest BCUT2D eigenvalue weighted by Gasteiger charge is -1.95. The molecular formula is C9H10N4O2. The first kappa shape index (κ1) is 9.45. The number of hydrogen-bond donors (Lipinski definition) is 1. The molecule has 2 N–H and O–H groups in total. The predicted molar refractivity (Wildman–Crippen MR) is 54.0 cm³/mol. The third-order valence-corrected chi connectivity index (χ3v) is 1.94. The molecule has 2 aromatic rings. The Hall–Kier alpha value is -2.11. The van der Waals surface area contributed by atoms with E-state index >= 15 is 0 Å². The molecule has 0 radical (unpaired) electrons. The number of rotatable bonds is 2. The highest BCUT2D eigenvalue weighted by Gasteiger charge is 2.06. The van der Waals surface area contributed by atoms with E-state index in [-0.39, 0.29) is 12.5 Å². The van der Waals surface area contributed by atoms with E-state index in [2.05, 4.69) is 14.9 Å². The van der Waals surface area contributed by atoms with Crippen LogP contribution in [0.3, 0.4) is 0 Å². The highest BCUT2D eigenvalue weighted by molar-refractivity contribution is 5.77. The zero-order chi connectivity index (χ0) is 10.8. The monoisotopic (exact) mass is 206 g/mol. The third-order valence-electron chi connectivity index (χ3n) is 1.94. The summed E-state index contributed by atoms with van der Waals surface area (Å²) in [6, 6.07) is 5.20. The van der Waals surface area contributed by atoms with Gasteiger partial charge in [-0.3, -0.25) is 0 Å². The van der Waals surface area contributed by atoms with Gasteiger partial charge in [0.15, 0.2) is 6.54 Å². The number of nitrogens with zero attached hydrogens (tertiary/aromatic N) is 3. The molecular weight excluding hydrogens is 196 g/mol. The summed E-state index contributed by atoms with van der Waals surface area (Å²) in [6.07, 6.45) is 0. The predicted octanol–water partition coefficient (Wildman–Crippen LogP) is 0.186. The molecule has 0 saturated heterocycles. The minimum absolute atomic E-state index is 0.00504. The molecule has 0 fully saturated rings. The van der Waals surface area contributed by atoms with Gasteiger partial charge >= 0.3 is 5.97 Å². The number of carbonyl (C=O) groups is 1. The second kappa shape index (κ2) is 3.56. The van der Waals surface area contributed by atoms with Gasteiger partial charge in [0.25, 0.3) is 0 Å². The van der Waals surface area contributed by atoms with Crippen LogP contribution < -0.4 is 5.73 Å². The molecule has 1 aromatic carbocycles. The van der Waals surface area contributed by atoms with Gasteiger partial charge in [0.1, 0.15) is 11.0 Å². The molecule has 0 bridgehead atoms. The highest BCUT2D eigenvalue weighted by atomic mass is 16.5. The van der Waals surface area contributed by atoms with Gasteiger partial charge in [0.2, 0.25) is 0 Å². The normalized spacial score (nSPS) is 10.5. The van der Waals surface area contributed by atoms with Crippen LogP contribution in [-0.4, -0.2) is 28.1 Å². The molecule has 0 spiro atoms. The number of anilines is 1. The Bertz CT molecular complexity index is 506. The van der Waals surface area contributed by atoms with Crippen molar-refractivity contribution in [3.63, 3.8) is 0 Å². The summed E-state index contributed by atoms with van der Waals surface area (Å²) in [5.41, 5.74) is 7.58. The molecule has 0 aliphatic carbocycles. The maximum absolute atomic E-state index is 11.0. The van der Waals surface area contributed by atoms with Gasteiger partial charge in [-0.15, -0.1) is 0 Å². The number of esters is 1. The Balaban J connectivity index is 2.34. The number of carbonyl (C=O) groups excluding carboxylic acids is 1. The Labute approximate surface area is 85.6 Å². The SMILES string of the molecule is COC(=O)Cn1nc2ccc(N)cc2n1. The molecule has 2 rings (SSSR count). The first-order valence-electron chi connectivity index (χ1n) is 4.36. The van der Waals surface area contributed by atoms with Crippen LogP contribution in [0.5, 0.6) is 0 Å². The maximum Gasteiger partial charge on any atom is 0.329 e. The van der Waals surface area contributed by atoms with Gasteiger partial charge in [0.05, 0.1) is 7.11 Å². The van der Waals surface area contributed by atoms with Crippen molar-refractivity contribution in [3.8, 4) is 0 Å². The lowest BCUT2D eigenvalue weighted by atomic mass is 10.3. The van der Waals surface area contributed by atoms with E-state index in [1.54, 1.807) is 18.2 Å². The molecule has 0 unspecified atom stereocenters. The number of fused-ring (bicyclic) bond motifs is 1. The van der Waals surface area contributed by atoms with Crippen LogP contribution in [0, 0.1) is 0 Å². The first-order valence-corrected chi connectivity index (χ1v) is 4.36. The van der Waals surface area contributed by atoms with E-state index in [9.17, 15) is 4.79 Å². The Morgan fingerprint density at radius 2 is 2.20 bits per heavy atom. The fraction of sp³-hybridized carbons (Fsp3) is 0.222. The summed E-state index contributed by atoms with van der Waals surface area (Å²) in [5.74, 6) is -0.386. The van der Waals surface area contributed by atoms with Crippen molar-refractivity contribution in [2.75, 3.05) is 12.8 Å². The minimum Gasteiger partial charge on any atom is -0.468 e. The Kier molecular flexibility index (Phi) is 2.24. The molecule has 0 amide bonds. The van der Waals surface area contributed by atoms with Crippen molar-refractivity contribution in [2.45, 2.75) is 6.54 Å². The molecule has 15 heavy (non-hydrogen) atoms. The van der Waals surface area contributed by atoms with Crippen molar-refractivity contribution in [1.29, 1.82) is 0 Å². The largest absolute Gasteiger partial charge is 0.468 e. The van der Waals surface area contributed by atoms with Gasteiger partial charge in [0, 0.05) is 5.69 Å². The van der Waals surface area contributed by atoms with Crippen LogP contribution in [0.1, 0.15) is 0 Å². The summed E-state index contributed by atoms with van der Waals surface area (Å²) in [5, 5.41) is 8.18. The molecule has 0 aliphatic rings. The standard InChI is InChI=1S/C9H10N4O2/c1-15-9(14)5-13-11-7-3-2-6(10)4-8(7)12-13/h2-4H,5,10H2,1H3. The average Bonchev–Trinajstić information content (AvgIpc) is 2.59. The number of nitrogen functional groups attached to an aromatic ring is 1. The number of aromatic nitrogens is 3. The molecule has 0 saturated carbocycles. The molecule has 6 nitrogen and oxygen atoms in total. The molecule has 0 aliphatic heterocycles. The van der Waals surface area contributed by atoms with Crippen molar-refractivity contribution in [3.05, 3.63) is 18.2 Å². The summed E-state index contributed by atoms with van der Waals surface area (Å²) in [4.78, 5) is 12.3. The summed E-state index contributed by atoms with van der Waals surface area (Å²) in [6.45, 7) is 0.00504. The van der Waals surface area contributed by atoms with Crippen molar-refractivity contribution >= 4 is 22.7 Å². The zero-order valence-electron chi connectivity index (χ0n) is 8.17. The van der Waals surface area contributed by atoms with Crippen LogP contribution in [0.15, 0.2) is 18.2 Å². The average molecular weight is 206 g/mol. The lowest BCUT2D eigenvalue weighted by Crippen LogP contribution is -2.13. The van der Waals surface area contributed by atoms with Crippen LogP contribution in [0.25, 0.3) is 11.0 Å². The lowest BCUT2D eigenvalue weighted by molar-refractivity contribution is -0.141. The Morgan fingerprint density at radius 1 is 1.47 bits per heavy atom. The van der Waals surface area contributed by atoms with E-state index in [0.29, 0.717) is 16.7 Å². The van der Waals surface area contributed by atoms with Gasteiger partial charge in [-0.05, 0) is 18.2 Å². The van der Waals surface area contributed by atoms with E-state index in [1.165, 1.54) is 11.9 Å². The number of benzene rings is 1. The van der Waals surface area contributed by atoms with Gasteiger partial charge < -0.3 is 10.5 Å². The molecule has 1 aromatic heterocycles. The first-order chi connectivity index (χ1) is 7.19. The fourth-order valence-electron chi connectivity index (χ4n) is 1.23. The van der Waals surface area contributed by atoms with Crippen molar-refractivity contribution < 1.29 is 9.53 Å². The van der Waals surface area contributed by atoms with E-state index in [4.69, 9.17) is 5.73 Å². The number of nitrogens with two attached hydrogens (primary N) is 1. The fourth-order valence-corrected chi connectivity index (χ4v) is 1.23. The third kappa shape index (κ3) is 1.88.